The lowest BCUT2D eigenvalue weighted by molar-refractivity contribution is -0.396. The molecule has 0 saturated carbocycles. The van der Waals surface area contributed by atoms with Crippen molar-refractivity contribution >= 4 is 17.7 Å². The molecule has 0 aromatic heterocycles. The van der Waals surface area contributed by atoms with E-state index in [4.69, 9.17) is 5.11 Å². The maximum Gasteiger partial charge on any atom is 0.460 e. The third-order valence-corrected chi connectivity index (χ3v) is 3.85. The van der Waals surface area contributed by atoms with Crippen molar-refractivity contribution in [2.24, 2.45) is 0 Å². The summed E-state index contributed by atoms with van der Waals surface area (Å²) in [5.74, 6) is -21.7. The van der Waals surface area contributed by atoms with E-state index in [1.807, 2.05) is 0 Å². The van der Waals surface area contributed by atoms with Crippen molar-refractivity contribution in [2.75, 3.05) is 24.6 Å². The summed E-state index contributed by atoms with van der Waals surface area (Å²) in [5.41, 5.74) is 0. The highest BCUT2D eigenvalue weighted by Crippen LogP contribution is 2.54. The first kappa shape index (κ1) is 24.1. The summed E-state index contributed by atoms with van der Waals surface area (Å²) in [7, 11) is 0. The van der Waals surface area contributed by atoms with Crippen LogP contribution in [0.2, 0.25) is 0 Å². The van der Waals surface area contributed by atoms with Gasteiger partial charge in [0.25, 0.3) is 0 Å². The zero-order valence-corrected chi connectivity index (χ0v) is 13.0. The molecule has 0 fully saturated rings. The van der Waals surface area contributed by atoms with Crippen molar-refractivity contribution in [1.29, 1.82) is 0 Å². The molecule has 1 atom stereocenters. The molecule has 4 nitrogen and oxygen atoms in total. The fourth-order valence-corrected chi connectivity index (χ4v) is 2.35. The van der Waals surface area contributed by atoms with E-state index in [0.717, 1.165) is 0 Å². The minimum absolute atomic E-state index is 0.280. The highest BCUT2D eigenvalue weighted by Gasteiger charge is 2.81. The van der Waals surface area contributed by atoms with Gasteiger partial charge < -0.3 is 15.5 Å². The van der Waals surface area contributed by atoms with Gasteiger partial charge in [0.1, 0.15) is 0 Å². The number of hydrogen-bond acceptors (Lipinski definition) is 4. The number of aliphatic hydroxyl groups is 1. The number of rotatable bonds is 11. The summed E-state index contributed by atoms with van der Waals surface area (Å²) in [5, 5.41) is 19.8. The van der Waals surface area contributed by atoms with Gasteiger partial charge in [0.2, 0.25) is 0 Å². The summed E-state index contributed by atoms with van der Waals surface area (Å²) in [4.78, 5) is 10.2. The van der Waals surface area contributed by atoms with Crippen molar-refractivity contribution in [3.63, 3.8) is 0 Å². The van der Waals surface area contributed by atoms with Crippen LogP contribution < -0.4 is 5.32 Å². The molecule has 0 radical (unpaired) electrons. The van der Waals surface area contributed by atoms with Gasteiger partial charge in [-0.05, 0) is 5.75 Å². The molecule has 14 heteroatoms. The second-order valence-electron chi connectivity index (χ2n) is 4.85. The van der Waals surface area contributed by atoms with Crippen molar-refractivity contribution in [3.05, 3.63) is 0 Å². The minimum Gasteiger partial charge on any atom is -0.480 e. The number of alkyl halides is 9. The van der Waals surface area contributed by atoms with Crippen LogP contribution in [0.15, 0.2) is 0 Å². The second-order valence-corrected chi connectivity index (χ2v) is 6.00. The molecule has 1 unspecified atom stereocenters. The Morgan fingerprint density at radius 1 is 1.00 bits per heavy atom. The molecule has 0 aromatic carbocycles. The van der Waals surface area contributed by atoms with E-state index >= 15 is 0 Å². The molecular formula is C11H14F9NO3S. The van der Waals surface area contributed by atoms with Gasteiger partial charge in [0.15, 0.2) is 0 Å². The van der Waals surface area contributed by atoms with E-state index in [-0.39, 0.29) is 12.3 Å². The van der Waals surface area contributed by atoms with Crippen LogP contribution in [0.25, 0.3) is 0 Å². The van der Waals surface area contributed by atoms with Crippen molar-refractivity contribution in [3.8, 4) is 0 Å². The summed E-state index contributed by atoms with van der Waals surface area (Å²) < 4.78 is 113. The number of carbonyl (C=O) groups is 1. The van der Waals surface area contributed by atoms with Gasteiger partial charge in [-0.2, -0.15) is 51.3 Å². The van der Waals surface area contributed by atoms with E-state index in [0.29, 0.717) is 11.8 Å². The number of aliphatic hydroxyl groups excluding tert-OH is 1. The van der Waals surface area contributed by atoms with Gasteiger partial charge in [-0.1, -0.05) is 0 Å². The molecule has 0 amide bonds. The normalized spacial score (nSPS) is 15.3. The van der Waals surface area contributed by atoms with Crippen molar-refractivity contribution in [2.45, 2.75) is 36.5 Å². The number of halogens is 9. The lowest BCUT2D eigenvalue weighted by Crippen LogP contribution is -2.60. The average molecular weight is 411 g/mol. The van der Waals surface area contributed by atoms with Crippen LogP contribution in [0, 0.1) is 0 Å². The molecule has 0 saturated heterocycles. The van der Waals surface area contributed by atoms with E-state index in [1.165, 1.54) is 0 Å². The standard InChI is InChI=1S/C11H14F9NO3S/c12-8(13,9(14,15)10(16,17)11(18,19)20)1-2-25-5-6(22)3-21-4-7(23)24/h6,21-22H,1-5H2,(H,23,24). The number of hydrogen-bond donors (Lipinski definition) is 3. The van der Waals surface area contributed by atoms with Crippen LogP contribution >= 0.6 is 11.8 Å². The third-order valence-electron chi connectivity index (χ3n) is 2.74. The molecule has 3 N–H and O–H groups in total. The lowest BCUT2D eigenvalue weighted by atomic mass is 10.0. The predicted octanol–water partition coefficient (Wildman–Crippen LogP) is 2.61. The molecule has 0 aromatic rings. The second kappa shape index (κ2) is 8.66. The average Bonchev–Trinajstić information content (AvgIpc) is 2.41. The predicted molar refractivity (Wildman–Crippen MR) is 69.4 cm³/mol. The summed E-state index contributed by atoms with van der Waals surface area (Å²) in [6, 6.07) is 0. The summed E-state index contributed by atoms with van der Waals surface area (Å²) in [6.45, 7) is -0.795. The molecule has 0 aliphatic heterocycles. The monoisotopic (exact) mass is 411 g/mol. The largest absolute Gasteiger partial charge is 0.480 e. The summed E-state index contributed by atoms with van der Waals surface area (Å²) in [6.07, 6.45) is -10.1. The molecule has 0 bridgehead atoms. The lowest BCUT2D eigenvalue weighted by Gasteiger charge is -2.33. The Morgan fingerprint density at radius 3 is 1.96 bits per heavy atom. The maximum atomic E-state index is 13.2. The van der Waals surface area contributed by atoms with Gasteiger partial charge in [0, 0.05) is 18.7 Å². The first-order chi connectivity index (χ1) is 11.1. The van der Waals surface area contributed by atoms with Gasteiger partial charge in [0.05, 0.1) is 12.6 Å². The van der Waals surface area contributed by atoms with Crippen LogP contribution in [0.5, 0.6) is 0 Å². The van der Waals surface area contributed by atoms with Crippen LogP contribution in [0.3, 0.4) is 0 Å². The topological polar surface area (TPSA) is 69.6 Å². The zero-order chi connectivity index (χ0) is 20.1. The zero-order valence-electron chi connectivity index (χ0n) is 12.2. The van der Waals surface area contributed by atoms with Gasteiger partial charge in [-0.15, -0.1) is 0 Å². The van der Waals surface area contributed by atoms with E-state index < -0.39 is 54.7 Å². The Balaban J connectivity index is 4.51. The molecular weight excluding hydrogens is 397 g/mol. The fraction of sp³-hybridized carbons (Fsp3) is 0.909. The van der Waals surface area contributed by atoms with Crippen LogP contribution in [-0.2, 0) is 4.79 Å². The minimum atomic E-state index is -6.91. The van der Waals surface area contributed by atoms with E-state index in [2.05, 4.69) is 5.32 Å². The number of thioether (sulfide) groups is 1. The molecule has 0 aliphatic rings. The van der Waals surface area contributed by atoms with Crippen LogP contribution in [0.4, 0.5) is 39.5 Å². The maximum absolute atomic E-state index is 13.2. The van der Waals surface area contributed by atoms with Crippen molar-refractivity contribution < 1.29 is 54.5 Å². The Labute approximate surface area is 139 Å². The van der Waals surface area contributed by atoms with Crippen molar-refractivity contribution in [1.82, 2.24) is 5.32 Å². The SMILES string of the molecule is O=C(O)CNCC(O)CSCCC(F)(F)C(F)(F)C(F)(F)C(F)(F)F. The highest BCUT2D eigenvalue weighted by atomic mass is 32.2. The van der Waals surface area contributed by atoms with E-state index in [1.54, 1.807) is 0 Å². The number of carboxylic acid groups (broad SMARTS) is 1. The number of nitrogens with one attached hydrogen (secondary N) is 1. The van der Waals surface area contributed by atoms with Gasteiger partial charge >= 0.3 is 29.9 Å². The molecule has 0 heterocycles. The van der Waals surface area contributed by atoms with Gasteiger partial charge in [-0.25, -0.2) is 0 Å². The molecule has 0 rings (SSSR count). The molecule has 0 spiro atoms. The van der Waals surface area contributed by atoms with E-state index in [9.17, 15) is 49.4 Å². The number of carboxylic acids is 1. The first-order valence-electron chi connectivity index (χ1n) is 6.44. The van der Waals surface area contributed by atoms with Crippen LogP contribution in [-0.4, -0.2) is 70.8 Å². The number of aliphatic carboxylic acids is 1. The quantitative estimate of drug-likeness (QED) is 0.360. The first-order valence-corrected chi connectivity index (χ1v) is 7.60. The third kappa shape index (κ3) is 6.40. The molecule has 0 aliphatic carbocycles. The Hall–Kier alpha value is -0.890. The Bertz CT molecular complexity index is 445. The van der Waals surface area contributed by atoms with Gasteiger partial charge in [-0.3, -0.25) is 4.79 Å². The Kier molecular flexibility index (Phi) is 8.36. The smallest absolute Gasteiger partial charge is 0.460 e. The van der Waals surface area contributed by atoms with Crippen LogP contribution in [0.1, 0.15) is 6.42 Å². The highest BCUT2D eigenvalue weighted by molar-refractivity contribution is 7.99. The molecule has 150 valence electrons. The Morgan fingerprint density at radius 2 is 1.52 bits per heavy atom. The molecule has 25 heavy (non-hydrogen) atoms. The summed E-state index contributed by atoms with van der Waals surface area (Å²) >= 11 is 0.404. The fourth-order valence-electron chi connectivity index (χ4n) is 1.39.